The zero-order chi connectivity index (χ0) is 5.70. The number of hydrazine groups is 1. The summed E-state index contributed by atoms with van der Waals surface area (Å²) in [6.07, 6.45) is 2.72. The van der Waals surface area contributed by atoms with Crippen LogP contribution in [0.25, 0.3) is 0 Å². The van der Waals surface area contributed by atoms with Crippen molar-refractivity contribution >= 4 is 5.78 Å². The maximum Gasteiger partial charge on any atom is 0.154 e. The van der Waals surface area contributed by atoms with Crippen LogP contribution < -0.4 is 11.3 Å². The van der Waals surface area contributed by atoms with Gasteiger partial charge < -0.3 is 5.43 Å². The van der Waals surface area contributed by atoms with Gasteiger partial charge in [-0.15, -0.1) is 0 Å². The van der Waals surface area contributed by atoms with Crippen LogP contribution in [-0.4, -0.2) is 5.78 Å². The van der Waals surface area contributed by atoms with E-state index in [0.29, 0.717) is 0 Å². The summed E-state index contributed by atoms with van der Waals surface area (Å²) in [6, 6.07) is 0. The molecular formula is C4H8N2O. The van der Waals surface area contributed by atoms with Crippen LogP contribution in [0, 0.1) is 0 Å². The van der Waals surface area contributed by atoms with Crippen molar-refractivity contribution in [1.29, 1.82) is 0 Å². The standard InChI is InChI=1S/C4H8N2O/c1-4(7)2-3-6-5/h2-3,6H,5H2,1H3/b3-2-. The highest BCUT2D eigenvalue weighted by molar-refractivity contribution is 5.86. The Kier molecular flexibility index (Phi) is 2.96. The van der Waals surface area contributed by atoms with Crippen LogP contribution in [-0.2, 0) is 4.79 Å². The molecule has 0 spiro atoms. The average Bonchev–Trinajstić information content (AvgIpc) is 1.61. The van der Waals surface area contributed by atoms with Gasteiger partial charge in [0, 0.05) is 6.20 Å². The monoisotopic (exact) mass is 100 g/mol. The highest BCUT2D eigenvalue weighted by Crippen LogP contribution is 1.66. The second-order valence-corrected chi connectivity index (χ2v) is 1.11. The van der Waals surface area contributed by atoms with Gasteiger partial charge in [0.15, 0.2) is 5.78 Å². The molecule has 0 saturated carbocycles. The summed E-state index contributed by atoms with van der Waals surface area (Å²) in [4.78, 5) is 10.0. The summed E-state index contributed by atoms with van der Waals surface area (Å²) < 4.78 is 0. The maximum absolute atomic E-state index is 10.0. The van der Waals surface area contributed by atoms with Crippen LogP contribution in [0.1, 0.15) is 6.92 Å². The second-order valence-electron chi connectivity index (χ2n) is 1.11. The third-order valence-corrected chi connectivity index (χ3v) is 0.414. The van der Waals surface area contributed by atoms with E-state index in [4.69, 9.17) is 5.84 Å². The zero-order valence-corrected chi connectivity index (χ0v) is 4.14. The Morgan fingerprint density at radius 2 is 2.43 bits per heavy atom. The van der Waals surface area contributed by atoms with E-state index in [1.165, 1.54) is 19.2 Å². The summed E-state index contributed by atoms with van der Waals surface area (Å²) in [6.45, 7) is 1.45. The SMILES string of the molecule is CC(=O)/C=C\NN. The first-order valence-electron chi connectivity index (χ1n) is 1.90. The van der Waals surface area contributed by atoms with E-state index in [0.717, 1.165) is 0 Å². The number of carbonyl (C=O) groups excluding carboxylic acids is 1. The normalized spacial score (nSPS) is 9.43. The number of nitrogens with one attached hydrogen (secondary N) is 1. The fourth-order valence-corrected chi connectivity index (χ4v) is 0.165. The quantitative estimate of drug-likeness (QED) is 0.281. The van der Waals surface area contributed by atoms with Crippen molar-refractivity contribution in [2.45, 2.75) is 6.92 Å². The minimum absolute atomic E-state index is 0.0158. The molecule has 0 bridgehead atoms. The molecule has 0 aliphatic heterocycles. The number of hydrogen-bond acceptors (Lipinski definition) is 3. The molecule has 0 radical (unpaired) electrons. The summed E-state index contributed by atoms with van der Waals surface area (Å²) in [5.41, 5.74) is 2.20. The van der Waals surface area contributed by atoms with Gasteiger partial charge in [0.1, 0.15) is 0 Å². The third-order valence-electron chi connectivity index (χ3n) is 0.414. The molecule has 0 heterocycles. The number of allylic oxidation sites excluding steroid dienone is 1. The molecule has 7 heavy (non-hydrogen) atoms. The van der Waals surface area contributed by atoms with Gasteiger partial charge in [0.05, 0.1) is 0 Å². The number of ketones is 1. The lowest BCUT2D eigenvalue weighted by molar-refractivity contribution is -0.112. The van der Waals surface area contributed by atoms with E-state index in [-0.39, 0.29) is 5.78 Å². The highest BCUT2D eigenvalue weighted by Gasteiger charge is 1.75. The fourth-order valence-electron chi connectivity index (χ4n) is 0.165. The van der Waals surface area contributed by atoms with Crippen LogP contribution >= 0.6 is 0 Å². The minimum Gasteiger partial charge on any atom is -0.331 e. The van der Waals surface area contributed by atoms with E-state index >= 15 is 0 Å². The van der Waals surface area contributed by atoms with Gasteiger partial charge in [-0.1, -0.05) is 0 Å². The largest absolute Gasteiger partial charge is 0.331 e. The lowest BCUT2D eigenvalue weighted by atomic mass is 10.4. The molecule has 0 aromatic rings. The van der Waals surface area contributed by atoms with Gasteiger partial charge in [0.2, 0.25) is 0 Å². The Bertz CT molecular complexity index is 87.7. The Morgan fingerprint density at radius 3 is 2.57 bits per heavy atom. The second kappa shape index (κ2) is 3.36. The smallest absolute Gasteiger partial charge is 0.154 e. The van der Waals surface area contributed by atoms with Crippen molar-refractivity contribution in [3.63, 3.8) is 0 Å². The van der Waals surface area contributed by atoms with Gasteiger partial charge in [-0.25, -0.2) is 0 Å². The maximum atomic E-state index is 10.0. The molecule has 0 fully saturated rings. The highest BCUT2D eigenvalue weighted by atomic mass is 16.1. The number of hydrogen-bond donors (Lipinski definition) is 2. The third kappa shape index (κ3) is 5.17. The molecule has 0 aromatic carbocycles. The van der Waals surface area contributed by atoms with E-state index in [1.54, 1.807) is 0 Å². The Morgan fingerprint density at radius 1 is 1.86 bits per heavy atom. The lowest BCUT2D eigenvalue weighted by Crippen LogP contribution is -2.13. The molecule has 0 amide bonds. The van der Waals surface area contributed by atoms with E-state index in [1.807, 2.05) is 0 Å². The molecule has 0 rings (SSSR count). The van der Waals surface area contributed by atoms with Crippen LogP contribution in [0.4, 0.5) is 0 Å². The predicted octanol–water partition coefficient (Wildman–Crippen LogP) is -0.448. The molecule has 0 atom stereocenters. The molecule has 40 valence electrons. The first kappa shape index (κ1) is 6.17. The van der Waals surface area contributed by atoms with Gasteiger partial charge >= 0.3 is 0 Å². The summed E-state index contributed by atoms with van der Waals surface area (Å²) in [5, 5.41) is 0. The molecule has 3 N–H and O–H groups in total. The van der Waals surface area contributed by atoms with Crippen molar-refractivity contribution < 1.29 is 4.79 Å². The van der Waals surface area contributed by atoms with E-state index in [2.05, 4.69) is 5.43 Å². The van der Waals surface area contributed by atoms with Crippen LogP contribution in [0.15, 0.2) is 12.3 Å². The van der Waals surface area contributed by atoms with Crippen LogP contribution in [0.2, 0.25) is 0 Å². The minimum atomic E-state index is -0.0158. The zero-order valence-electron chi connectivity index (χ0n) is 4.14. The number of rotatable bonds is 2. The van der Waals surface area contributed by atoms with Crippen molar-refractivity contribution in [2.24, 2.45) is 5.84 Å². The Labute approximate surface area is 42.2 Å². The molecule has 0 unspecified atom stereocenters. The van der Waals surface area contributed by atoms with Crippen LogP contribution in [0.5, 0.6) is 0 Å². The Balaban J connectivity index is 3.26. The topological polar surface area (TPSA) is 55.1 Å². The van der Waals surface area contributed by atoms with Crippen molar-refractivity contribution in [1.82, 2.24) is 5.43 Å². The van der Waals surface area contributed by atoms with Gasteiger partial charge in [-0.05, 0) is 13.0 Å². The molecule has 3 heteroatoms. The van der Waals surface area contributed by atoms with Gasteiger partial charge in [0.25, 0.3) is 0 Å². The summed E-state index contributed by atoms with van der Waals surface area (Å²) >= 11 is 0. The molecule has 0 aliphatic rings. The van der Waals surface area contributed by atoms with Gasteiger partial charge in [-0.3, -0.25) is 10.6 Å². The molecule has 3 nitrogen and oxygen atoms in total. The molecule has 0 saturated heterocycles. The van der Waals surface area contributed by atoms with Crippen molar-refractivity contribution in [3.05, 3.63) is 12.3 Å². The van der Waals surface area contributed by atoms with Gasteiger partial charge in [-0.2, -0.15) is 0 Å². The average molecular weight is 100 g/mol. The van der Waals surface area contributed by atoms with Crippen LogP contribution in [0.3, 0.4) is 0 Å². The molecule has 0 aliphatic carbocycles. The fraction of sp³-hybridized carbons (Fsp3) is 0.250. The number of carbonyl (C=O) groups is 1. The first-order chi connectivity index (χ1) is 3.27. The number of nitrogens with two attached hydrogens (primary N) is 1. The summed E-state index contributed by atoms with van der Waals surface area (Å²) in [5.74, 6) is 4.77. The molecule has 0 aromatic heterocycles. The Hall–Kier alpha value is -0.830. The first-order valence-corrected chi connectivity index (χ1v) is 1.90. The predicted molar refractivity (Wildman–Crippen MR) is 27.1 cm³/mol. The van der Waals surface area contributed by atoms with Crippen molar-refractivity contribution in [3.8, 4) is 0 Å². The molecular weight excluding hydrogens is 92.1 g/mol. The lowest BCUT2D eigenvalue weighted by Gasteiger charge is -1.80. The van der Waals surface area contributed by atoms with E-state index in [9.17, 15) is 4.79 Å². The summed E-state index contributed by atoms with van der Waals surface area (Å²) in [7, 11) is 0. The van der Waals surface area contributed by atoms with E-state index < -0.39 is 0 Å². The van der Waals surface area contributed by atoms with Crippen molar-refractivity contribution in [2.75, 3.05) is 0 Å².